The first-order valence-electron chi connectivity index (χ1n) is 13.2. The smallest absolute Gasteiger partial charge is 0.320 e. The van der Waals surface area contributed by atoms with E-state index < -0.39 is 21.7 Å². The molecule has 37 heavy (non-hydrogen) atoms. The van der Waals surface area contributed by atoms with E-state index in [-0.39, 0.29) is 24.3 Å². The van der Waals surface area contributed by atoms with Crippen LogP contribution >= 0.6 is 10.6 Å². The van der Waals surface area contributed by atoms with Crippen molar-refractivity contribution in [2.45, 2.75) is 88.9 Å². The fourth-order valence-electron chi connectivity index (χ4n) is 4.97. The molecular weight excluding hydrogens is 488 g/mol. The number of unbranched alkanes of at least 4 members (excludes halogenated alkanes) is 1. The summed E-state index contributed by atoms with van der Waals surface area (Å²) in [6.45, 7) is 10.1. The number of rotatable bonds is 10. The molecular formula is C29H44N2O5S. The van der Waals surface area contributed by atoms with Gasteiger partial charge in [-0.1, -0.05) is 57.0 Å². The van der Waals surface area contributed by atoms with Crippen LogP contribution in [0.4, 0.5) is 0 Å². The largest absolute Gasteiger partial charge is 0.496 e. The standard InChI is InChI=1S/C29H44N2O5S/c1-7-9-15-29(8-2)20-37(33,34)25-16-22(18-30-19-26(32)36-28(3,4)5)24(35-6)17-23(25)27(31-29)21-13-11-10-12-14-21/h10-14,16-17,27,30-31,33-34H,7-9,15,18-20H2,1-6H3/t27-,29+/m0/s1. The molecule has 4 N–H and O–H groups in total. The summed E-state index contributed by atoms with van der Waals surface area (Å²) in [5, 5.41) is 6.98. The Hall–Kier alpha value is -2.10. The molecule has 2 aromatic rings. The van der Waals surface area contributed by atoms with E-state index in [1.807, 2.05) is 51.1 Å². The summed E-state index contributed by atoms with van der Waals surface area (Å²) in [4.78, 5) is 12.7. The van der Waals surface area contributed by atoms with Crippen molar-refractivity contribution in [1.82, 2.24) is 10.6 Å². The lowest BCUT2D eigenvalue weighted by atomic mass is 9.88. The molecule has 206 valence electrons. The lowest BCUT2D eigenvalue weighted by Gasteiger charge is -2.42. The average molecular weight is 533 g/mol. The van der Waals surface area contributed by atoms with Crippen molar-refractivity contribution < 1.29 is 23.4 Å². The second-order valence-electron chi connectivity index (χ2n) is 10.9. The summed E-state index contributed by atoms with van der Waals surface area (Å²) in [6, 6.07) is 13.7. The second-order valence-corrected chi connectivity index (χ2v) is 13.0. The number of hydrogen-bond acceptors (Lipinski definition) is 7. The van der Waals surface area contributed by atoms with Gasteiger partial charge < -0.3 is 14.8 Å². The Labute approximate surface area is 223 Å². The first kappa shape index (κ1) is 29.5. The molecule has 0 amide bonds. The number of hydrogen-bond donors (Lipinski definition) is 4. The Morgan fingerprint density at radius 1 is 1.19 bits per heavy atom. The van der Waals surface area contributed by atoms with Crippen LogP contribution in [0, 0.1) is 0 Å². The monoisotopic (exact) mass is 532 g/mol. The van der Waals surface area contributed by atoms with Crippen LogP contribution in [0.3, 0.4) is 0 Å². The Morgan fingerprint density at radius 3 is 2.49 bits per heavy atom. The van der Waals surface area contributed by atoms with E-state index in [1.165, 1.54) is 0 Å². The molecule has 1 heterocycles. The van der Waals surface area contributed by atoms with Gasteiger partial charge in [-0.15, -0.1) is 0 Å². The van der Waals surface area contributed by atoms with Crippen molar-refractivity contribution in [3.05, 3.63) is 59.2 Å². The number of carbonyl (C=O) groups is 1. The highest BCUT2D eigenvalue weighted by atomic mass is 32.3. The zero-order valence-corrected chi connectivity index (χ0v) is 23.9. The van der Waals surface area contributed by atoms with Crippen molar-refractivity contribution in [1.29, 1.82) is 0 Å². The zero-order chi connectivity index (χ0) is 27.3. The van der Waals surface area contributed by atoms with Gasteiger partial charge in [0.25, 0.3) is 0 Å². The molecule has 1 aliphatic rings. The van der Waals surface area contributed by atoms with E-state index in [9.17, 15) is 13.9 Å². The molecule has 2 aromatic carbocycles. The Morgan fingerprint density at radius 2 is 1.89 bits per heavy atom. The fourth-order valence-corrected chi connectivity index (χ4v) is 7.21. The predicted octanol–water partition coefficient (Wildman–Crippen LogP) is 6.27. The predicted molar refractivity (Wildman–Crippen MR) is 150 cm³/mol. The number of fused-ring (bicyclic) bond motifs is 1. The highest BCUT2D eigenvalue weighted by Gasteiger charge is 2.42. The topological polar surface area (TPSA) is 100 Å². The Balaban J connectivity index is 2.03. The number of esters is 1. The molecule has 0 unspecified atom stereocenters. The normalized spacial score (nSPS) is 22.0. The summed E-state index contributed by atoms with van der Waals surface area (Å²) < 4.78 is 34.4. The first-order chi connectivity index (χ1) is 17.4. The fraction of sp³-hybridized carbons (Fsp3) is 0.552. The van der Waals surface area contributed by atoms with Crippen molar-refractivity contribution in [2.75, 3.05) is 19.4 Å². The van der Waals surface area contributed by atoms with Gasteiger partial charge in [-0.3, -0.25) is 19.2 Å². The zero-order valence-electron chi connectivity index (χ0n) is 23.1. The van der Waals surface area contributed by atoms with Gasteiger partial charge in [-0.25, -0.2) is 0 Å². The SMILES string of the molecule is CCCC[C@]1(CC)CS(O)(O)c2cc(CNCC(=O)OC(C)(C)C)c(OC)cc2[C@H](c2ccccc2)N1. The molecule has 3 rings (SSSR count). The van der Waals surface area contributed by atoms with E-state index in [2.05, 4.69) is 36.6 Å². The Kier molecular flexibility index (Phi) is 9.69. The Bertz CT molecular complexity index is 1050. The van der Waals surface area contributed by atoms with Gasteiger partial charge >= 0.3 is 5.97 Å². The van der Waals surface area contributed by atoms with Gasteiger partial charge in [-0.05, 0) is 51.3 Å². The number of methoxy groups -OCH3 is 1. The third kappa shape index (κ3) is 7.48. The van der Waals surface area contributed by atoms with Crippen LogP contribution in [0.15, 0.2) is 47.4 Å². The van der Waals surface area contributed by atoms with Crippen LogP contribution in [0.2, 0.25) is 0 Å². The minimum Gasteiger partial charge on any atom is -0.496 e. The van der Waals surface area contributed by atoms with Crippen LogP contribution in [0.1, 0.15) is 83.0 Å². The minimum absolute atomic E-state index is 0.0396. The van der Waals surface area contributed by atoms with E-state index in [0.717, 1.165) is 42.4 Å². The van der Waals surface area contributed by atoms with Crippen molar-refractivity contribution in [3.63, 3.8) is 0 Å². The molecule has 8 heteroatoms. The second kappa shape index (κ2) is 12.2. The van der Waals surface area contributed by atoms with Crippen LogP contribution in [-0.2, 0) is 16.1 Å². The molecule has 0 aliphatic carbocycles. The lowest BCUT2D eigenvalue weighted by molar-refractivity contribution is -0.153. The third-order valence-corrected chi connectivity index (χ3v) is 8.84. The molecule has 1 aliphatic heterocycles. The maximum atomic E-state index is 12.2. The number of benzene rings is 2. The molecule has 0 radical (unpaired) electrons. The lowest BCUT2D eigenvalue weighted by Crippen LogP contribution is -2.49. The molecule has 0 spiro atoms. The van der Waals surface area contributed by atoms with Crippen molar-refractivity contribution in [3.8, 4) is 5.75 Å². The summed E-state index contributed by atoms with van der Waals surface area (Å²) in [5.74, 6) is 0.539. The average Bonchev–Trinajstić information content (AvgIpc) is 2.94. The van der Waals surface area contributed by atoms with Crippen LogP contribution < -0.4 is 15.4 Å². The molecule has 0 bridgehead atoms. The van der Waals surface area contributed by atoms with E-state index >= 15 is 0 Å². The van der Waals surface area contributed by atoms with Crippen molar-refractivity contribution >= 4 is 16.6 Å². The van der Waals surface area contributed by atoms with E-state index in [4.69, 9.17) is 9.47 Å². The van der Waals surface area contributed by atoms with E-state index in [1.54, 1.807) is 7.11 Å². The van der Waals surface area contributed by atoms with Gasteiger partial charge in [0.15, 0.2) is 0 Å². The number of ether oxygens (including phenoxy) is 2. The van der Waals surface area contributed by atoms with Gasteiger partial charge in [0, 0.05) is 23.2 Å². The molecule has 2 atom stereocenters. The molecule has 0 saturated carbocycles. The minimum atomic E-state index is -3.12. The summed E-state index contributed by atoms with van der Waals surface area (Å²) in [7, 11) is -1.51. The molecule has 0 saturated heterocycles. The van der Waals surface area contributed by atoms with Gasteiger partial charge in [0.1, 0.15) is 11.4 Å². The molecule has 0 aromatic heterocycles. The van der Waals surface area contributed by atoms with Crippen LogP contribution in [0.25, 0.3) is 0 Å². The van der Waals surface area contributed by atoms with Crippen LogP contribution in [-0.4, -0.2) is 45.6 Å². The van der Waals surface area contributed by atoms with Gasteiger partial charge in [0.05, 0.1) is 30.3 Å². The summed E-state index contributed by atoms with van der Waals surface area (Å²) in [5.41, 5.74) is 1.66. The van der Waals surface area contributed by atoms with Crippen LogP contribution in [0.5, 0.6) is 5.75 Å². The quantitative estimate of drug-likeness (QED) is 0.268. The number of nitrogens with one attached hydrogen (secondary N) is 2. The number of carbonyl (C=O) groups excluding carboxylic acids is 1. The highest BCUT2D eigenvalue weighted by molar-refractivity contribution is 8.24. The maximum absolute atomic E-state index is 12.2. The van der Waals surface area contributed by atoms with Crippen molar-refractivity contribution in [2.24, 2.45) is 0 Å². The summed E-state index contributed by atoms with van der Waals surface area (Å²) >= 11 is 0. The van der Waals surface area contributed by atoms with Gasteiger partial charge in [0.2, 0.25) is 0 Å². The third-order valence-electron chi connectivity index (χ3n) is 6.83. The van der Waals surface area contributed by atoms with E-state index in [0.29, 0.717) is 17.2 Å². The first-order valence-corrected chi connectivity index (χ1v) is 14.9. The molecule has 0 fully saturated rings. The van der Waals surface area contributed by atoms with Gasteiger partial charge in [-0.2, -0.15) is 10.6 Å². The molecule has 7 nitrogen and oxygen atoms in total. The maximum Gasteiger partial charge on any atom is 0.320 e. The highest BCUT2D eigenvalue weighted by Crippen LogP contribution is 2.58. The summed E-state index contributed by atoms with van der Waals surface area (Å²) in [6.07, 6.45) is 3.67.